The van der Waals surface area contributed by atoms with Crippen molar-refractivity contribution in [2.75, 3.05) is 18.5 Å². The van der Waals surface area contributed by atoms with E-state index in [9.17, 15) is 29.3 Å². The van der Waals surface area contributed by atoms with E-state index in [4.69, 9.17) is 26.2 Å². The third-order valence-electron chi connectivity index (χ3n) is 5.85. The van der Waals surface area contributed by atoms with Crippen LogP contribution in [-0.4, -0.2) is 74.6 Å². The number of amides is 1. The highest BCUT2D eigenvalue weighted by Gasteiger charge is 2.45. The lowest BCUT2D eigenvalue weighted by Crippen LogP contribution is -2.59. The van der Waals surface area contributed by atoms with Crippen LogP contribution in [0.25, 0.3) is 11.2 Å². The molecule has 4 radical (unpaired) electrons. The van der Waals surface area contributed by atoms with E-state index >= 15 is 0 Å². The van der Waals surface area contributed by atoms with Gasteiger partial charge in [0.25, 0.3) is 11.8 Å². The summed E-state index contributed by atoms with van der Waals surface area (Å²) in [5.74, 6) is -5.26. The first-order valence-corrected chi connectivity index (χ1v) is 10.5. The molecule has 0 spiro atoms. The Bertz CT molecular complexity index is 1360. The molecule has 0 atom stereocenters. The first-order chi connectivity index (χ1) is 16.3. The minimum Gasteiger partial charge on any atom is -0.402 e. The van der Waals surface area contributed by atoms with Gasteiger partial charge < -0.3 is 31.1 Å². The Balaban J connectivity index is 1.87. The summed E-state index contributed by atoms with van der Waals surface area (Å²) in [5.41, 5.74) is 4.42. The van der Waals surface area contributed by atoms with Gasteiger partial charge in [0.05, 0.1) is 17.2 Å². The number of nitrogens with one attached hydrogen (secondary N) is 1. The molecular formula is C20H21B2FN6O6. The van der Waals surface area contributed by atoms with Crippen molar-refractivity contribution in [1.29, 1.82) is 0 Å². The predicted octanol–water partition coefficient (Wildman–Crippen LogP) is -1.19. The quantitative estimate of drug-likeness (QED) is 0.214. The molecule has 2 aromatic heterocycles. The Kier molecular flexibility index (Phi) is 6.21. The van der Waals surface area contributed by atoms with Crippen LogP contribution in [-0.2, 0) is 10.6 Å². The van der Waals surface area contributed by atoms with Crippen LogP contribution in [0, 0.1) is 12.7 Å². The first kappa shape index (κ1) is 24.9. The second-order valence-electron chi connectivity index (χ2n) is 8.33. The smallest absolute Gasteiger partial charge is 0.334 e. The number of carbonyl (C=O) groups is 1. The number of halogens is 1. The van der Waals surface area contributed by atoms with Crippen LogP contribution in [0.5, 0.6) is 0 Å². The van der Waals surface area contributed by atoms with Crippen LogP contribution in [0.3, 0.4) is 0 Å². The van der Waals surface area contributed by atoms with E-state index in [1.165, 1.54) is 10.6 Å². The van der Waals surface area contributed by atoms with Gasteiger partial charge in [-0.05, 0) is 37.5 Å². The molecule has 4 rings (SSSR count). The Morgan fingerprint density at radius 2 is 1.94 bits per heavy atom. The van der Waals surface area contributed by atoms with Gasteiger partial charge in [-0.25, -0.2) is 18.7 Å². The molecule has 1 saturated heterocycles. The van der Waals surface area contributed by atoms with Crippen molar-refractivity contribution in [2.24, 2.45) is 5.73 Å². The van der Waals surface area contributed by atoms with Gasteiger partial charge in [0.2, 0.25) is 5.95 Å². The summed E-state index contributed by atoms with van der Waals surface area (Å²) in [7, 11) is 10.6. The summed E-state index contributed by atoms with van der Waals surface area (Å²) in [6.07, 6.45) is 1.94. The van der Waals surface area contributed by atoms with E-state index < -0.39 is 34.8 Å². The van der Waals surface area contributed by atoms with E-state index in [0.29, 0.717) is 36.2 Å². The summed E-state index contributed by atoms with van der Waals surface area (Å²) in [6, 6.07) is 1.88. The molecular weight excluding hydrogens is 461 g/mol. The molecule has 1 aliphatic heterocycles. The van der Waals surface area contributed by atoms with Crippen molar-refractivity contribution in [3.05, 3.63) is 45.8 Å². The van der Waals surface area contributed by atoms with Crippen LogP contribution >= 0.6 is 0 Å². The molecule has 6 N–H and O–H groups in total. The summed E-state index contributed by atoms with van der Waals surface area (Å²) >= 11 is 0. The van der Waals surface area contributed by atoms with Gasteiger partial charge in [0, 0.05) is 24.9 Å². The number of carbonyl (C=O) groups excluding carboxylic acids is 1. The number of aliphatic hydroxyl groups is 3. The summed E-state index contributed by atoms with van der Waals surface area (Å²) in [5, 5.41) is 30.6. The number of fused-ring (bicyclic) bond motifs is 1. The zero-order valence-electron chi connectivity index (χ0n) is 18.6. The summed E-state index contributed by atoms with van der Waals surface area (Å²) in [6.45, 7) is 2.31. The second-order valence-corrected chi connectivity index (χ2v) is 8.33. The number of benzene rings is 1. The number of rotatable bonds is 6. The molecule has 15 heteroatoms. The maximum atomic E-state index is 14.3. The fourth-order valence-corrected chi connectivity index (χ4v) is 3.94. The summed E-state index contributed by atoms with van der Waals surface area (Å²) in [4.78, 5) is 33.1. The molecule has 3 aromatic rings. The number of ether oxygens (including phenoxy) is 1. The number of imidazole rings is 1. The monoisotopic (exact) mass is 482 g/mol. The lowest BCUT2D eigenvalue weighted by atomic mass is 9.62. The molecule has 180 valence electrons. The van der Waals surface area contributed by atoms with E-state index in [1.54, 1.807) is 6.92 Å². The van der Waals surface area contributed by atoms with Crippen molar-refractivity contribution in [1.82, 2.24) is 19.1 Å². The highest BCUT2D eigenvalue weighted by molar-refractivity contribution is 6.39. The number of aryl methyl sites for hydroxylation is 1. The van der Waals surface area contributed by atoms with Crippen molar-refractivity contribution >= 4 is 44.4 Å². The van der Waals surface area contributed by atoms with Gasteiger partial charge in [-0.1, -0.05) is 0 Å². The van der Waals surface area contributed by atoms with Crippen molar-refractivity contribution < 1.29 is 29.2 Å². The predicted molar refractivity (Wildman–Crippen MR) is 123 cm³/mol. The number of nitrogens with two attached hydrogens (primary N) is 1. The first-order valence-electron chi connectivity index (χ1n) is 10.5. The third kappa shape index (κ3) is 4.31. The molecule has 0 bridgehead atoms. The lowest BCUT2D eigenvalue weighted by Gasteiger charge is -2.35. The molecule has 1 aliphatic rings. The third-order valence-corrected chi connectivity index (χ3v) is 5.85. The second kappa shape index (κ2) is 8.75. The average molecular weight is 482 g/mol. The van der Waals surface area contributed by atoms with Gasteiger partial charge in [-0.3, -0.25) is 9.36 Å². The highest BCUT2D eigenvalue weighted by Crippen LogP contribution is 2.29. The Hall–Kier alpha value is -3.26. The molecule has 0 unspecified atom stereocenters. The van der Waals surface area contributed by atoms with Crippen molar-refractivity contribution in [3.8, 4) is 0 Å². The maximum absolute atomic E-state index is 14.3. The van der Waals surface area contributed by atoms with Crippen LogP contribution < -0.4 is 16.7 Å². The van der Waals surface area contributed by atoms with Crippen LogP contribution in [0.4, 0.5) is 16.0 Å². The van der Waals surface area contributed by atoms with Crippen LogP contribution in [0.2, 0.25) is 0 Å². The van der Waals surface area contributed by atoms with Gasteiger partial charge in [-0.2, -0.15) is 4.98 Å². The van der Waals surface area contributed by atoms with Gasteiger partial charge in [0.15, 0.2) is 5.65 Å². The number of primary amides is 1. The zero-order chi connectivity index (χ0) is 25.7. The maximum Gasteiger partial charge on any atom is 0.334 e. The van der Waals surface area contributed by atoms with Gasteiger partial charge in [0.1, 0.15) is 27.0 Å². The fourth-order valence-electron chi connectivity index (χ4n) is 3.94. The minimum absolute atomic E-state index is 0.0250. The van der Waals surface area contributed by atoms with Crippen LogP contribution in [0.15, 0.2) is 23.1 Å². The fraction of sp³-hybridized carbons (Fsp3) is 0.400. The molecule has 1 aromatic carbocycles. The Morgan fingerprint density at radius 1 is 1.29 bits per heavy atom. The zero-order valence-corrected chi connectivity index (χ0v) is 18.6. The van der Waals surface area contributed by atoms with E-state index in [2.05, 4.69) is 15.3 Å². The number of hydrogen-bond donors (Lipinski definition) is 5. The topological polar surface area (TPSA) is 178 Å². The van der Waals surface area contributed by atoms with E-state index in [0.717, 1.165) is 12.3 Å². The Morgan fingerprint density at radius 3 is 2.54 bits per heavy atom. The lowest BCUT2D eigenvalue weighted by molar-refractivity contribution is -0.277. The van der Waals surface area contributed by atoms with Gasteiger partial charge >= 0.3 is 5.69 Å². The molecule has 0 saturated carbocycles. The molecule has 3 heterocycles. The molecule has 35 heavy (non-hydrogen) atoms. The van der Waals surface area contributed by atoms with Crippen molar-refractivity contribution in [3.63, 3.8) is 0 Å². The SMILES string of the molecule is [B]C([B])(O)C(O)(O)n1c(=O)n(C2CCOCC2)c2nc(Nc3cc(F)c(C(N)=O)cc3C)ncc21. The summed E-state index contributed by atoms with van der Waals surface area (Å²) < 4.78 is 21.2. The highest BCUT2D eigenvalue weighted by atomic mass is 19.1. The normalized spacial score (nSPS) is 15.5. The van der Waals surface area contributed by atoms with Gasteiger partial charge in [-0.15, -0.1) is 0 Å². The number of hydrogen-bond acceptors (Lipinski definition) is 9. The number of nitrogens with zero attached hydrogens (tertiary/aromatic N) is 4. The van der Waals surface area contributed by atoms with E-state index in [-0.39, 0.29) is 28.4 Å². The molecule has 1 fully saturated rings. The molecule has 12 nitrogen and oxygen atoms in total. The molecule has 0 aliphatic carbocycles. The average Bonchev–Trinajstić information content (AvgIpc) is 3.07. The number of anilines is 2. The minimum atomic E-state index is -3.42. The standard InChI is InChI=1S/C20H21B2FN6O6/c1-9-6-11(15(24)30)12(23)7-13(9)26-17-25-8-14-16(27-17)28(10-2-4-35-5-3-10)18(31)29(14)20(33,34)19(21,22)32/h6-8,10,32-34H,2-5H2,1H3,(H2,24,30)(H,25,26,27). The largest absolute Gasteiger partial charge is 0.402 e. The van der Waals surface area contributed by atoms with Crippen LogP contribution in [0.1, 0.15) is 34.8 Å². The number of aromatic nitrogens is 4. The molecule has 1 amide bonds. The Labute approximate surface area is 200 Å². The van der Waals surface area contributed by atoms with Crippen molar-refractivity contribution in [2.45, 2.75) is 37.1 Å². The van der Waals surface area contributed by atoms with E-state index in [1.807, 2.05) is 0 Å².